The number of piperidine rings is 1. The Hall–Kier alpha value is -3.10. The van der Waals surface area contributed by atoms with Crippen LogP contribution in [0.2, 0.25) is 0 Å². The van der Waals surface area contributed by atoms with Crippen LogP contribution < -0.4 is 14.8 Å². The fourth-order valence-electron chi connectivity index (χ4n) is 2.39. The van der Waals surface area contributed by atoms with E-state index in [0.717, 1.165) is 0 Å². The van der Waals surface area contributed by atoms with Crippen molar-refractivity contribution in [3.8, 4) is 17.6 Å². The van der Waals surface area contributed by atoms with Crippen LogP contribution in [0.5, 0.6) is 11.5 Å². The largest absolute Gasteiger partial charge is 0.493 e. The van der Waals surface area contributed by atoms with Gasteiger partial charge in [-0.2, -0.15) is 5.26 Å². The number of carbonyl (C=O) groups excluding carboxylic acids is 2. The van der Waals surface area contributed by atoms with Gasteiger partial charge in [-0.3, -0.25) is 20.3 Å². The van der Waals surface area contributed by atoms with Crippen molar-refractivity contribution >= 4 is 17.7 Å². The summed E-state index contributed by atoms with van der Waals surface area (Å²) in [5, 5.41) is 18.6. The van der Waals surface area contributed by atoms with Gasteiger partial charge in [-0.05, 0) is 23.6 Å². The van der Waals surface area contributed by atoms with Crippen molar-refractivity contribution in [3.63, 3.8) is 0 Å². The number of nitriles is 1. The minimum absolute atomic E-state index is 0.0710. The Balaban J connectivity index is 2.60. The Kier molecular flexibility index (Phi) is 4.25. The molecule has 1 fully saturated rings. The lowest BCUT2D eigenvalue weighted by atomic mass is 9.78. The molecule has 1 aromatic rings. The lowest BCUT2D eigenvalue weighted by Crippen LogP contribution is -2.46. The maximum atomic E-state index is 11.8. The monoisotopic (exact) mass is 299 g/mol. The molecule has 7 nitrogen and oxygen atoms in total. The average molecular weight is 299 g/mol. The van der Waals surface area contributed by atoms with Crippen LogP contribution in [0.4, 0.5) is 0 Å². The summed E-state index contributed by atoms with van der Waals surface area (Å²) in [4.78, 5) is 23.7. The second kappa shape index (κ2) is 6.12. The van der Waals surface area contributed by atoms with Gasteiger partial charge >= 0.3 is 0 Å². The smallest absolute Gasteiger partial charge is 0.263 e. The molecular formula is C15H13N3O4. The molecule has 22 heavy (non-hydrogen) atoms. The third-order valence-electron chi connectivity index (χ3n) is 3.45. The van der Waals surface area contributed by atoms with Crippen LogP contribution in [0.15, 0.2) is 23.8 Å². The number of hydrogen-bond donors (Lipinski definition) is 2. The first kappa shape index (κ1) is 15.3. The number of carbonyl (C=O) groups is 2. The van der Waals surface area contributed by atoms with Gasteiger partial charge in [-0.25, -0.2) is 0 Å². The second-order valence-electron chi connectivity index (χ2n) is 4.56. The van der Waals surface area contributed by atoms with E-state index in [1.54, 1.807) is 18.2 Å². The van der Waals surface area contributed by atoms with Crippen LogP contribution in [0.25, 0.3) is 0 Å². The number of imide groups is 1. The van der Waals surface area contributed by atoms with Gasteiger partial charge in [0.25, 0.3) is 5.91 Å². The van der Waals surface area contributed by atoms with E-state index in [0.29, 0.717) is 17.1 Å². The Bertz CT molecular complexity index is 729. The topological polar surface area (TPSA) is 112 Å². The molecule has 1 saturated heterocycles. The van der Waals surface area contributed by atoms with Gasteiger partial charge < -0.3 is 9.47 Å². The summed E-state index contributed by atoms with van der Waals surface area (Å²) in [5.74, 6) is -0.485. The van der Waals surface area contributed by atoms with E-state index in [-0.39, 0.29) is 5.57 Å². The van der Waals surface area contributed by atoms with Gasteiger partial charge in [-0.1, -0.05) is 6.07 Å². The lowest BCUT2D eigenvalue weighted by molar-refractivity contribution is -0.132. The number of amides is 2. The highest BCUT2D eigenvalue weighted by Gasteiger charge is 2.41. The van der Waals surface area contributed by atoms with Crippen LogP contribution in [0, 0.1) is 22.7 Å². The van der Waals surface area contributed by atoms with Crippen molar-refractivity contribution in [1.29, 1.82) is 10.7 Å². The molecule has 0 saturated carbocycles. The molecule has 112 valence electrons. The highest BCUT2D eigenvalue weighted by atomic mass is 16.5. The number of ether oxygens (including phenoxy) is 2. The maximum Gasteiger partial charge on any atom is 0.263 e. The van der Waals surface area contributed by atoms with E-state index in [2.05, 4.69) is 5.32 Å². The fraction of sp³-hybridized carbons (Fsp3) is 0.267. The highest BCUT2D eigenvalue weighted by molar-refractivity contribution is 6.14. The molecule has 2 atom stereocenters. The minimum atomic E-state index is -1.12. The first-order valence-corrected chi connectivity index (χ1v) is 6.33. The second-order valence-corrected chi connectivity index (χ2v) is 4.56. The Morgan fingerprint density at radius 3 is 2.45 bits per heavy atom. The zero-order chi connectivity index (χ0) is 16.3. The lowest BCUT2D eigenvalue weighted by Gasteiger charge is -2.27. The third kappa shape index (κ3) is 2.43. The maximum absolute atomic E-state index is 11.8. The summed E-state index contributed by atoms with van der Waals surface area (Å²) in [6.45, 7) is 0. The van der Waals surface area contributed by atoms with Gasteiger partial charge in [0.05, 0.1) is 25.9 Å². The molecule has 2 amide bonds. The standard InChI is InChI=1S/C15H13N3O4/c1-21-11-4-3-8(5-12(11)22-2)13-9(6-16)14(19)18-15(20)10(13)7-17/h3-5,9,13,17H,1-2H3,(H,18,19,20). The minimum Gasteiger partial charge on any atom is -0.493 e. The Morgan fingerprint density at radius 1 is 1.23 bits per heavy atom. The van der Waals surface area contributed by atoms with Crippen LogP contribution >= 0.6 is 0 Å². The molecule has 0 radical (unpaired) electrons. The summed E-state index contributed by atoms with van der Waals surface area (Å²) in [6, 6.07) is 6.69. The van der Waals surface area contributed by atoms with Gasteiger partial charge in [0.15, 0.2) is 11.5 Å². The zero-order valence-corrected chi connectivity index (χ0v) is 12.0. The highest BCUT2D eigenvalue weighted by Crippen LogP contribution is 2.38. The molecule has 2 N–H and O–H groups in total. The van der Waals surface area contributed by atoms with Crippen molar-refractivity contribution in [1.82, 2.24) is 5.32 Å². The molecule has 7 heteroatoms. The molecule has 2 rings (SSSR count). The van der Waals surface area contributed by atoms with Crippen molar-refractivity contribution in [2.45, 2.75) is 5.92 Å². The van der Waals surface area contributed by atoms with E-state index in [9.17, 15) is 14.9 Å². The van der Waals surface area contributed by atoms with Crippen molar-refractivity contribution in [2.75, 3.05) is 14.2 Å². The van der Waals surface area contributed by atoms with Crippen LogP contribution in [0.3, 0.4) is 0 Å². The SMILES string of the molecule is COc1ccc(C2C(=C=N)C(=O)NC(=O)C2C#N)cc1OC. The normalized spacial score (nSPS) is 20.7. The Labute approximate surface area is 126 Å². The summed E-state index contributed by atoms with van der Waals surface area (Å²) in [7, 11) is 2.94. The summed E-state index contributed by atoms with van der Waals surface area (Å²) < 4.78 is 10.3. The summed E-state index contributed by atoms with van der Waals surface area (Å²) in [5.41, 5.74) is 0.431. The molecular weight excluding hydrogens is 286 g/mol. The van der Waals surface area contributed by atoms with Crippen molar-refractivity contribution < 1.29 is 19.1 Å². The summed E-state index contributed by atoms with van der Waals surface area (Å²) >= 11 is 0. The van der Waals surface area contributed by atoms with Crippen LogP contribution in [-0.4, -0.2) is 31.9 Å². The number of hydrogen-bond acceptors (Lipinski definition) is 6. The van der Waals surface area contributed by atoms with Gasteiger partial charge in [-0.15, -0.1) is 0 Å². The molecule has 2 unspecified atom stereocenters. The van der Waals surface area contributed by atoms with E-state index in [4.69, 9.17) is 14.9 Å². The molecule has 0 aliphatic carbocycles. The third-order valence-corrected chi connectivity index (χ3v) is 3.45. The summed E-state index contributed by atoms with van der Waals surface area (Å²) in [6.07, 6.45) is 0. The van der Waals surface area contributed by atoms with Crippen molar-refractivity contribution in [2.24, 2.45) is 5.92 Å². The van der Waals surface area contributed by atoms with Gasteiger partial charge in [0.1, 0.15) is 5.92 Å². The number of rotatable bonds is 3. The van der Waals surface area contributed by atoms with Crippen LogP contribution in [0.1, 0.15) is 11.5 Å². The average Bonchev–Trinajstić information content (AvgIpc) is 2.53. The molecule has 1 aliphatic rings. The number of nitrogens with one attached hydrogen (secondary N) is 2. The molecule has 0 aromatic heterocycles. The number of benzene rings is 1. The number of nitrogens with zero attached hydrogens (tertiary/aromatic N) is 1. The first-order valence-electron chi connectivity index (χ1n) is 6.33. The van der Waals surface area contributed by atoms with E-state index in [1.807, 2.05) is 11.9 Å². The van der Waals surface area contributed by atoms with Gasteiger partial charge in [0.2, 0.25) is 5.91 Å². The van der Waals surface area contributed by atoms with E-state index in [1.165, 1.54) is 14.2 Å². The van der Waals surface area contributed by atoms with E-state index >= 15 is 0 Å². The predicted molar refractivity (Wildman–Crippen MR) is 75.8 cm³/mol. The van der Waals surface area contributed by atoms with Crippen LogP contribution in [-0.2, 0) is 9.59 Å². The molecule has 1 aromatic carbocycles. The quantitative estimate of drug-likeness (QED) is 0.486. The fourth-order valence-corrected chi connectivity index (χ4v) is 2.39. The molecule has 0 spiro atoms. The van der Waals surface area contributed by atoms with Gasteiger partial charge in [0, 0.05) is 5.92 Å². The zero-order valence-electron chi connectivity index (χ0n) is 12.0. The first-order chi connectivity index (χ1) is 10.6. The van der Waals surface area contributed by atoms with Crippen molar-refractivity contribution in [3.05, 3.63) is 29.3 Å². The molecule has 1 heterocycles. The molecule has 1 aliphatic heterocycles. The predicted octanol–water partition coefficient (Wildman–Crippen LogP) is 0.758. The molecule has 0 bridgehead atoms. The van der Waals surface area contributed by atoms with E-state index < -0.39 is 23.7 Å². The Morgan fingerprint density at radius 2 is 1.91 bits per heavy atom. The number of methoxy groups -OCH3 is 2.